The number of phenols is 1. The van der Waals surface area contributed by atoms with Gasteiger partial charge in [-0.2, -0.15) is 13.2 Å². The first-order valence-electron chi connectivity index (χ1n) is 9.25. The molecule has 0 saturated carbocycles. The van der Waals surface area contributed by atoms with E-state index in [9.17, 15) is 27.5 Å². The first-order chi connectivity index (χ1) is 13.9. The summed E-state index contributed by atoms with van der Waals surface area (Å²) in [4.78, 5) is 10.8. The summed E-state index contributed by atoms with van der Waals surface area (Å²) in [5.74, 6) is -3.16. The molecule has 4 nitrogen and oxygen atoms in total. The fourth-order valence-electron chi connectivity index (χ4n) is 3.94. The van der Waals surface area contributed by atoms with Gasteiger partial charge in [0, 0.05) is 16.5 Å². The smallest absolute Gasteiger partial charge is 0.392 e. The zero-order valence-corrected chi connectivity index (χ0v) is 16.4. The van der Waals surface area contributed by atoms with Gasteiger partial charge >= 0.3 is 6.18 Å². The van der Waals surface area contributed by atoms with Crippen molar-refractivity contribution in [1.29, 1.82) is 0 Å². The third kappa shape index (κ3) is 4.27. The number of nitrogens with two attached hydrogens (primary N) is 1. The number of fused-ring (bicyclic) bond motifs is 2. The molecule has 0 spiro atoms. The van der Waals surface area contributed by atoms with Crippen molar-refractivity contribution in [3.05, 3.63) is 65.2 Å². The quantitative estimate of drug-likeness (QED) is 0.510. The maximum atomic E-state index is 13.3. The molecule has 3 N–H and O–H groups in total. The molecule has 0 saturated heterocycles. The van der Waals surface area contributed by atoms with Crippen LogP contribution in [0.2, 0.25) is 0 Å². The van der Waals surface area contributed by atoms with Crippen LogP contribution in [0.4, 0.5) is 17.6 Å². The van der Waals surface area contributed by atoms with Crippen molar-refractivity contribution in [3.8, 4) is 5.75 Å². The number of carbonyl (C=O) groups excluding carboxylic acids is 1. The fourth-order valence-corrected chi connectivity index (χ4v) is 3.94. The summed E-state index contributed by atoms with van der Waals surface area (Å²) in [5, 5.41) is 10.6. The Hall–Kier alpha value is -3.03. The molecule has 0 aliphatic heterocycles. The average Bonchev–Trinajstić information content (AvgIpc) is 3.11. The Balaban J connectivity index is 0.000000184. The topological polar surface area (TPSA) is 76.5 Å². The molecule has 3 aromatic rings. The van der Waals surface area contributed by atoms with Crippen LogP contribution in [-0.2, 0) is 11.8 Å². The second kappa shape index (κ2) is 7.66. The zero-order valence-electron chi connectivity index (χ0n) is 16.4. The van der Waals surface area contributed by atoms with Crippen LogP contribution < -0.4 is 5.73 Å². The molecule has 160 valence electrons. The highest BCUT2D eigenvalue weighted by Gasteiger charge is 2.47. The summed E-state index contributed by atoms with van der Waals surface area (Å²) < 4.78 is 56.9. The summed E-state index contributed by atoms with van der Waals surface area (Å²) in [6.07, 6.45) is -3.02. The molecule has 1 aliphatic rings. The molecule has 0 bridgehead atoms. The number of primary amides is 1. The van der Waals surface area contributed by atoms with E-state index >= 15 is 0 Å². The SMILES string of the molecule is CC1(C)CC(C(F)(F)F)Cc2ccc(F)c(O)c21.NC(=O)c1ccc2occc2c1. The minimum Gasteiger partial charge on any atom is -0.505 e. The van der Waals surface area contributed by atoms with Crippen molar-refractivity contribution < 1.29 is 31.9 Å². The van der Waals surface area contributed by atoms with Crippen LogP contribution in [0, 0.1) is 11.7 Å². The minimum absolute atomic E-state index is 0.138. The molecular weight excluding hydrogens is 402 g/mol. The van der Waals surface area contributed by atoms with Crippen molar-refractivity contribution >= 4 is 16.9 Å². The number of benzene rings is 2. The van der Waals surface area contributed by atoms with Gasteiger partial charge in [0.2, 0.25) is 5.91 Å². The molecule has 1 aliphatic carbocycles. The Morgan fingerprint density at radius 1 is 1.20 bits per heavy atom. The molecule has 4 rings (SSSR count). The van der Waals surface area contributed by atoms with Gasteiger partial charge in [0.25, 0.3) is 0 Å². The molecule has 1 unspecified atom stereocenters. The first-order valence-corrected chi connectivity index (χ1v) is 9.25. The number of hydrogen-bond donors (Lipinski definition) is 2. The lowest BCUT2D eigenvalue weighted by Gasteiger charge is -2.38. The van der Waals surface area contributed by atoms with Crippen molar-refractivity contribution in [2.24, 2.45) is 11.7 Å². The van der Waals surface area contributed by atoms with Crippen molar-refractivity contribution in [3.63, 3.8) is 0 Å². The molecule has 1 atom stereocenters. The van der Waals surface area contributed by atoms with E-state index in [2.05, 4.69) is 0 Å². The van der Waals surface area contributed by atoms with Gasteiger partial charge in [-0.25, -0.2) is 4.39 Å². The maximum Gasteiger partial charge on any atom is 0.392 e. The number of halogens is 4. The average molecular weight is 423 g/mol. The molecular formula is C22H21F4NO3. The van der Waals surface area contributed by atoms with Gasteiger partial charge in [0.1, 0.15) is 5.58 Å². The van der Waals surface area contributed by atoms with E-state index in [0.29, 0.717) is 16.7 Å². The Morgan fingerprint density at radius 2 is 1.90 bits per heavy atom. The lowest BCUT2D eigenvalue weighted by molar-refractivity contribution is -0.181. The Labute approximate surface area is 170 Å². The summed E-state index contributed by atoms with van der Waals surface area (Å²) in [7, 11) is 0. The second-order valence-corrected chi connectivity index (χ2v) is 8.00. The van der Waals surface area contributed by atoms with Crippen LogP contribution in [0.3, 0.4) is 0 Å². The molecule has 30 heavy (non-hydrogen) atoms. The van der Waals surface area contributed by atoms with Gasteiger partial charge in [-0.1, -0.05) is 19.9 Å². The molecule has 1 amide bonds. The molecule has 0 radical (unpaired) electrons. The van der Waals surface area contributed by atoms with E-state index in [1.807, 2.05) is 0 Å². The monoisotopic (exact) mass is 423 g/mol. The fraction of sp³-hybridized carbons (Fsp3) is 0.318. The van der Waals surface area contributed by atoms with Crippen molar-refractivity contribution in [2.75, 3.05) is 0 Å². The molecule has 8 heteroatoms. The normalized spacial score (nSPS) is 17.7. The van der Waals surface area contributed by atoms with Crippen LogP contribution >= 0.6 is 0 Å². The molecule has 1 aromatic heterocycles. The number of aromatic hydroxyl groups is 1. The standard InChI is InChI=1S/C13H14F4O.C9H7NO2/c1-12(2)6-8(13(15,16)17)5-7-3-4-9(14)11(18)10(7)12;10-9(11)7-1-2-8-6(5-7)3-4-12-8/h3-4,8,18H,5-6H2,1-2H3;1-5H,(H2,10,11). The Morgan fingerprint density at radius 3 is 2.53 bits per heavy atom. The van der Waals surface area contributed by atoms with E-state index in [1.54, 1.807) is 44.4 Å². The maximum absolute atomic E-state index is 13.3. The number of alkyl halides is 3. The minimum atomic E-state index is -4.26. The Kier molecular flexibility index (Phi) is 5.54. The van der Waals surface area contributed by atoms with E-state index in [-0.39, 0.29) is 12.8 Å². The van der Waals surface area contributed by atoms with Gasteiger partial charge < -0.3 is 15.3 Å². The van der Waals surface area contributed by atoms with Gasteiger partial charge in [-0.3, -0.25) is 4.79 Å². The number of hydrogen-bond acceptors (Lipinski definition) is 3. The van der Waals surface area contributed by atoms with Gasteiger partial charge in [-0.15, -0.1) is 0 Å². The van der Waals surface area contributed by atoms with Gasteiger partial charge in [0.15, 0.2) is 11.6 Å². The molecule has 1 heterocycles. The highest BCUT2D eigenvalue weighted by molar-refractivity contribution is 5.96. The van der Waals surface area contributed by atoms with Gasteiger partial charge in [-0.05, 0) is 54.2 Å². The number of furan rings is 1. The Bertz CT molecular complexity index is 1090. The molecule has 2 aromatic carbocycles. The number of carbonyl (C=O) groups is 1. The van der Waals surface area contributed by atoms with Crippen LogP contribution in [0.15, 0.2) is 47.1 Å². The highest BCUT2D eigenvalue weighted by atomic mass is 19.4. The largest absolute Gasteiger partial charge is 0.505 e. The zero-order chi connectivity index (χ0) is 22.3. The van der Waals surface area contributed by atoms with E-state index in [0.717, 1.165) is 17.0 Å². The summed E-state index contributed by atoms with van der Waals surface area (Å²) in [6, 6.07) is 9.24. The summed E-state index contributed by atoms with van der Waals surface area (Å²) in [6.45, 7) is 3.20. The van der Waals surface area contributed by atoms with E-state index < -0.39 is 35.0 Å². The summed E-state index contributed by atoms with van der Waals surface area (Å²) in [5.41, 5.74) is 6.17. The van der Waals surface area contributed by atoms with E-state index in [1.165, 1.54) is 6.07 Å². The molecule has 0 fully saturated rings. The third-order valence-electron chi connectivity index (χ3n) is 5.31. The predicted octanol–water partition coefficient (Wildman–Crippen LogP) is 5.47. The number of amides is 1. The summed E-state index contributed by atoms with van der Waals surface area (Å²) >= 11 is 0. The predicted molar refractivity (Wildman–Crippen MR) is 104 cm³/mol. The lowest BCUT2D eigenvalue weighted by atomic mass is 9.68. The van der Waals surface area contributed by atoms with Crippen LogP contribution in [0.1, 0.15) is 41.8 Å². The first kappa shape index (κ1) is 21.7. The van der Waals surface area contributed by atoms with E-state index in [4.69, 9.17) is 10.2 Å². The third-order valence-corrected chi connectivity index (χ3v) is 5.31. The highest BCUT2D eigenvalue weighted by Crippen LogP contribution is 2.48. The van der Waals surface area contributed by atoms with Crippen LogP contribution in [-0.4, -0.2) is 17.2 Å². The van der Waals surface area contributed by atoms with Crippen molar-refractivity contribution in [1.82, 2.24) is 0 Å². The second-order valence-electron chi connectivity index (χ2n) is 8.00. The van der Waals surface area contributed by atoms with Crippen LogP contribution in [0.5, 0.6) is 5.75 Å². The van der Waals surface area contributed by atoms with Gasteiger partial charge in [0.05, 0.1) is 12.2 Å². The van der Waals surface area contributed by atoms with Crippen LogP contribution in [0.25, 0.3) is 11.0 Å². The number of rotatable bonds is 1. The van der Waals surface area contributed by atoms with Crippen molar-refractivity contribution in [2.45, 2.75) is 38.3 Å². The number of phenolic OH excluding ortho intramolecular Hbond substituents is 1. The lowest BCUT2D eigenvalue weighted by Crippen LogP contribution is -2.37.